The van der Waals surface area contributed by atoms with Gasteiger partial charge in [-0.15, -0.1) is 0 Å². The van der Waals surface area contributed by atoms with Crippen molar-refractivity contribution >= 4 is 29.1 Å². The van der Waals surface area contributed by atoms with Crippen molar-refractivity contribution in [1.29, 1.82) is 0 Å². The lowest BCUT2D eigenvalue weighted by atomic mass is 9.96. The number of anilines is 1. The predicted molar refractivity (Wildman–Crippen MR) is 99.8 cm³/mol. The van der Waals surface area contributed by atoms with Crippen molar-refractivity contribution in [3.8, 4) is 0 Å². The second-order valence-electron chi connectivity index (χ2n) is 6.54. The lowest BCUT2D eigenvalue weighted by molar-refractivity contribution is -0.121. The quantitative estimate of drug-likeness (QED) is 0.871. The molecule has 0 aromatic heterocycles. The standard InChI is InChI=1S/C20H20ClFN2O2/c1-13-8-9-18(16(21)11-13)23-19(25)14-5-4-10-24(12-14)20(26)15-6-2-3-7-17(15)22/h2-3,6-9,11,14H,4-5,10,12H2,1H3,(H,23,25). The van der Waals surface area contributed by atoms with Crippen LogP contribution in [-0.2, 0) is 4.79 Å². The van der Waals surface area contributed by atoms with Gasteiger partial charge in [-0.1, -0.05) is 29.8 Å². The first-order chi connectivity index (χ1) is 12.5. The lowest BCUT2D eigenvalue weighted by Gasteiger charge is -2.32. The number of nitrogens with zero attached hydrogens (tertiary/aromatic N) is 1. The molecule has 2 amide bonds. The highest BCUT2D eigenvalue weighted by Gasteiger charge is 2.30. The van der Waals surface area contributed by atoms with Gasteiger partial charge >= 0.3 is 0 Å². The number of hydrogen-bond donors (Lipinski definition) is 1. The number of benzene rings is 2. The first-order valence-corrected chi connectivity index (χ1v) is 8.94. The van der Waals surface area contributed by atoms with E-state index < -0.39 is 5.82 Å². The molecular formula is C20H20ClFN2O2. The molecule has 1 aliphatic heterocycles. The molecule has 2 aromatic rings. The molecule has 0 radical (unpaired) electrons. The Morgan fingerprint density at radius 3 is 2.73 bits per heavy atom. The first kappa shape index (κ1) is 18.4. The van der Waals surface area contributed by atoms with Gasteiger partial charge in [0.15, 0.2) is 0 Å². The zero-order valence-electron chi connectivity index (χ0n) is 14.5. The Morgan fingerprint density at radius 2 is 2.00 bits per heavy atom. The molecule has 6 heteroatoms. The van der Waals surface area contributed by atoms with Crippen molar-refractivity contribution in [2.45, 2.75) is 19.8 Å². The largest absolute Gasteiger partial charge is 0.338 e. The third kappa shape index (κ3) is 4.05. The number of carbonyl (C=O) groups excluding carboxylic acids is 2. The van der Waals surface area contributed by atoms with Crippen molar-refractivity contribution in [2.75, 3.05) is 18.4 Å². The van der Waals surface area contributed by atoms with E-state index >= 15 is 0 Å². The summed E-state index contributed by atoms with van der Waals surface area (Å²) in [5, 5.41) is 3.31. The molecule has 1 N–H and O–H groups in total. The van der Waals surface area contributed by atoms with Gasteiger partial charge < -0.3 is 10.2 Å². The Morgan fingerprint density at radius 1 is 1.23 bits per heavy atom. The summed E-state index contributed by atoms with van der Waals surface area (Å²) < 4.78 is 13.9. The fraction of sp³-hybridized carbons (Fsp3) is 0.300. The topological polar surface area (TPSA) is 49.4 Å². The summed E-state index contributed by atoms with van der Waals surface area (Å²) in [6.07, 6.45) is 1.37. The van der Waals surface area contributed by atoms with Crippen molar-refractivity contribution in [2.24, 2.45) is 5.92 Å². The van der Waals surface area contributed by atoms with Gasteiger partial charge in [-0.2, -0.15) is 0 Å². The Balaban J connectivity index is 1.69. The number of hydrogen-bond acceptors (Lipinski definition) is 2. The van der Waals surface area contributed by atoms with Crippen LogP contribution in [0.5, 0.6) is 0 Å². The van der Waals surface area contributed by atoms with E-state index in [1.54, 1.807) is 29.2 Å². The van der Waals surface area contributed by atoms with E-state index in [0.29, 0.717) is 30.1 Å². The van der Waals surface area contributed by atoms with Gasteiger partial charge in [0.1, 0.15) is 5.82 Å². The Kier molecular flexibility index (Phi) is 5.57. The minimum absolute atomic E-state index is 0.0372. The molecule has 1 heterocycles. The Labute approximate surface area is 157 Å². The fourth-order valence-corrected chi connectivity index (χ4v) is 3.42. The van der Waals surface area contributed by atoms with Crippen LogP contribution in [0.4, 0.5) is 10.1 Å². The normalized spacial score (nSPS) is 17.0. The number of rotatable bonds is 3. The van der Waals surface area contributed by atoms with E-state index in [4.69, 9.17) is 11.6 Å². The molecule has 4 nitrogen and oxygen atoms in total. The SMILES string of the molecule is Cc1ccc(NC(=O)C2CCCN(C(=O)c3ccccc3F)C2)c(Cl)c1. The number of piperidine rings is 1. The average Bonchev–Trinajstić information content (AvgIpc) is 2.64. The molecule has 1 atom stereocenters. The summed E-state index contributed by atoms with van der Waals surface area (Å²) in [6.45, 7) is 2.70. The van der Waals surface area contributed by atoms with E-state index in [1.165, 1.54) is 12.1 Å². The van der Waals surface area contributed by atoms with E-state index in [-0.39, 0.29) is 29.8 Å². The van der Waals surface area contributed by atoms with E-state index in [2.05, 4.69) is 5.32 Å². The van der Waals surface area contributed by atoms with Gasteiger partial charge in [-0.3, -0.25) is 9.59 Å². The molecule has 0 saturated carbocycles. The molecular weight excluding hydrogens is 355 g/mol. The fourth-order valence-electron chi connectivity index (χ4n) is 3.14. The summed E-state index contributed by atoms with van der Waals surface area (Å²) in [6, 6.07) is 11.3. The molecule has 1 saturated heterocycles. The van der Waals surface area contributed by atoms with Crippen LogP contribution in [0.25, 0.3) is 0 Å². The van der Waals surface area contributed by atoms with E-state index in [1.807, 2.05) is 13.0 Å². The van der Waals surface area contributed by atoms with E-state index in [0.717, 1.165) is 5.56 Å². The van der Waals surface area contributed by atoms with Crippen LogP contribution in [0.2, 0.25) is 5.02 Å². The average molecular weight is 375 g/mol. The van der Waals surface area contributed by atoms with Crippen molar-refractivity contribution in [3.63, 3.8) is 0 Å². The Hall–Kier alpha value is -2.40. The third-order valence-electron chi connectivity index (χ3n) is 4.57. The second kappa shape index (κ2) is 7.87. The van der Waals surface area contributed by atoms with Gasteiger partial charge in [0.05, 0.1) is 22.2 Å². The van der Waals surface area contributed by atoms with Gasteiger partial charge in [0.2, 0.25) is 5.91 Å². The van der Waals surface area contributed by atoms with Crippen LogP contribution in [0.15, 0.2) is 42.5 Å². The molecule has 26 heavy (non-hydrogen) atoms. The van der Waals surface area contributed by atoms with Crippen LogP contribution in [0.3, 0.4) is 0 Å². The zero-order valence-corrected chi connectivity index (χ0v) is 15.2. The van der Waals surface area contributed by atoms with Gasteiger partial charge in [0, 0.05) is 13.1 Å². The van der Waals surface area contributed by atoms with Gasteiger partial charge in [0.25, 0.3) is 5.91 Å². The minimum Gasteiger partial charge on any atom is -0.338 e. The first-order valence-electron chi connectivity index (χ1n) is 8.56. The number of halogens is 2. The second-order valence-corrected chi connectivity index (χ2v) is 6.95. The summed E-state index contributed by atoms with van der Waals surface area (Å²) >= 11 is 6.17. The number of amides is 2. The number of carbonyl (C=O) groups is 2. The maximum absolute atomic E-state index is 13.9. The predicted octanol–water partition coefficient (Wildman–Crippen LogP) is 4.28. The maximum Gasteiger partial charge on any atom is 0.256 e. The number of nitrogens with one attached hydrogen (secondary N) is 1. The molecule has 136 valence electrons. The van der Waals surface area contributed by atoms with Crippen LogP contribution in [-0.4, -0.2) is 29.8 Å². The monoisotopic (exact) mass is 374 g/mol. The summed E-state index contributed by atoms with van der Waals surface area (Å²) in [4.78, 5) is 26.7. The summed E-state index contributed by atoms with van der Waals surface area (Å²) in [5.74, 6) is -1.46. The van der Waals surface area contributed by atoms with Crippen LogP contribution < -0.4 is 5.32 Å². The van der Waals surface area contributed by atoms with Crippen molar-refractivity contribution in [3.05, 3.63) is 64.4 Å². The molecule has 3 rings (SSSR count). The maximum atomic E-state index is 13.9. The number of likely N-dealkylation sites (tertiary alicyclic amines) is 1. The Bertz CT molecular complexity index is 840. The van der Waals surface area contributed by atoms with Crippen molar-refractivity contribution < 1.29 is 14.0 Å². The molecule has 0 aliphatic carbocycles. The zero-order chi connectivity index (χ0) is 18.7. The highest BCUT2D eigenvalue weighted by atomic mass is 35.5. The molecule has 2 aromatic carbocycles. The molecule has 0 spiro atoms. The van der Waals surface area contributed by atoms with Crippen LogP contribution in [0.1, 0.15) is 28.8 Å². The molecule has 1 fully saturated rings. The van der Waals surface area contributed by atoms with Gasteiger partial charge in [-0.05, 0) is 49.6 Å². The molecule has 1 unspecified atom stereocenters. The highest BCUT2D eigenvalue weighted by Crippen LogP contribution is 2.25. The summed E-state index contributed by atoms with van der Waals surface area (Å²) in [5.41, 5.74) is 1.60. The lowest BCUT2D eigenvalue weighted by Crippen LogP contribution is -2.44. The van der Waals surface area contributed by atoms with Crippen LogP contribution >= 0.6 is 11.6 Å². The molecule has 1 aliphatic rings. The third-order valence-corrected chi connectivity index (χ3v) is 4.88. The van der Waals surface area contributed by atoms with Crippen molar-refractivity contribution in [1.82, 2.24) is 4.90 Å². The number of aryl methyl sites for hydroxylation is 1. The van der Waals surface area contributed by atoms with Gasteiger partial charge in [-0.25, -0.2) is 4.39 Å². The smallest absolute Gasteiger partial charge is 0.256 e. The van der Waals surface area contributed by atoms with Crippen LogP contribution in [0, 0.1) is 18.7 Å². The van der Waals surface area contributed by atoms with E-state index in [9.17, 15) is 14.0 Å². The highest BCUT2D eigenvalue weighted by molar-refractivity contribution is 6.33. The molecule has 0 bridgehead atoms. The summed E-state index contributed by atoms with van der Waals surface area (Å²) in [7, 11) is 0. The minimum atomic E-state index is -0.546.